The number of carbonyl (C=O) groups excluding carboxylic acids is 2. The van der Waals surface area contributed by atoms with Gasteiger partial charge < -0.3 is 16.0 Å². The van der Waals surface area contributed by atoms with Crippen molar-refractivity contribution in [3.8, 4) is 0 Å². The van der Waals surface area contributed by atoms with E-state index >= 15 is 0 Å². The summed E-state index contributed by atoms with van der Waals surface area (Å²) in [5.41, 5.74) is 2.25. The first-order chi connectivity index (χ1) is 15.9. The van der Waals surface area contributed by atoms with Gasteiger partial charge in [0.25, 0.3) is 0 Å². The Morgan fingerprint density at radius 2 is 1.88 bits per heavy atom. The van der Waals surface area contributed by atoms with Crippen molar-refractivity contribution in [2.45, 2.75) is 39.4 Å². The Kier molecular flexibility index (Phi) is 8.59. The largest absolute Gasteiger partial charge is 0.365 e. The molecule has 9 heteroatoms. The second-order valence-corrected chi connectivity index (χ2v) is 8.64. The quantitative estimate of drug-likeness (QED) is 0.420. The van der Waals surface area contributed by atoms with E-state index in [1.165, 1.54) is 13.0 Å². The molecule has 0 bridgehead atoms. The number of thioether (sulfide) groups is 1. The first-order valence-corrected chi connectivity index (χ1v) is 12.1. The molecule has 0 aliphatic carbocycles. The van der Waals surface area contributed by atoms with Gasteiger partial charge in [0.2, 0.25) is 11.8 Å². The average molecular weight is 470 g/mol. The lowest BCUT2D eigenvalue weighted by Gasteiger charge is -2.17. The van der Waals surface area contributed by atoms with Crippen LogP contribution < -0.4 is 16.0 Å². The SMILES string of the molecule is CSCC[C@H](NC(C)=O)C(=O)NCc1nc(NCc2ccccc2F)c2cccc(C)c2n1. The maximum atomic E-state index is 14.1. The molecule has 0 spiro atoms. The molecule has 0 radical (unpaired) electrons. The molecule has 1 heterocycles. The smallest absolute Gasteiger partial charge is 0.242 e. The molecule has 0 unspecified atom stereocenters. The van der Waals surface area contributed by atoms with Crippen molar-refractivity contribution in [1.29, 1.82) is 0 Å². The Bertz CT molecular complexity index is 1140. The van der Waals surface area contributed by atoms with E-state index in [2.05, 4.69) is 25.9 Å². The van der Waals surface area contributed by atoms with Gasteiger partial charge in [0.05, 0.1) is 12.1 Å². The van der Waals surface area contributed by atoms with Crippen LogP contribution in [0, 0.1) is 12.7 Å². The lowest BCUT2D eigenvalue weighted by atomic mass is 10.1. The Labute approximate surface area is 197 Å². The highest BCUT2D eigenvalue weighted by Gasteiger charge is 2.19. The number of anilines is 1. The predicted octanol–water partition coefficient (Wildman–Crippen LogP) is 3.56. The van der Waals surface area contributed by atoms with Crippen molar-refractivity contribution < 1.29 is 14.0 Å². The average Bonchev–Trinajstić information content (AvgIpc) is 2.79. The van der Waals surface area contributed by atoms with Gasteiger partial charge in [0.1, 0.15) is 17.7 Å². The van der Waals surface area contributed by atoms with Gasteiger partial charge in [-0.25, -0.2) is 14.4 Å². The molecule has 174 valence electrons. The second kappa shape index (κ2) is 11.6. The summed E-state index contributed by atoms with van der Waals surface area (Å²) in [5, 5.41) is 9.55. The van der Waals surface area contributed by atoms with Crippen LogP contribution in [0.2, 0.25) is 0 Å². The van der Waals surface area contributed by atoms with Crippen molar-refractivity contribution in [1.82, 2.24) is 20.6 Å². The summed E-state index contributed by atoms with van der Waals surface area (Å²) in [6.07, 6.45) is 2.48. The lowest BCUT2D eigenvalue weighted by molar-refractivity contribution is -0.128. The molecular weight excluding hydrogens is 441 g/mol. The van der Waals surface area contributed by atoms with Crippen LogP contribution in [0.1, 0.15) is 30.3 Å². The van der Waals surface area contributed by atoms with E-state index in [0.29, 0.717) is 23.6 Å². The van der Waals surface area contributed by atoms with Crippen LogP contribution in [0.5, 0.6) is 0 Å². The van der Waals surface area contributed by atoms with Crippen molar-refractivity contribution in [3.63, 3.8) is 0 Å². The van der Waals surface area contributed by atoms with E-state index in [9.17, 15) is 14.0 Å². The standard InChI is InChI=1S/C24H28FN5O2S/c1-15-7-6-9-18-22(15)29-21(14-27-24(32)20(11-12-33-3)28-16(2)31)30-23(18)26-13-17-8-4-5-10-19(17)25/h4-10,20H,11-14H2,1-3H3,(H,27,32)(H,28,31)(H,26,29,30)/t20-/m0/s1. The molecule has 1 atom stereocenters. The lowest BCUT2D eigenvalue weighted by Crippen LogP contribution is -2.46. The predicted molar refractivity (Wildman–Crippen MR) is 130 cm³/mol. The molecule has 0 fully saturated rings. The Balaban J connectivity index is 1.81. The van der Waals surface area contributed by atoms with Gasteiger partial charge >= 0.3 is 0 Å². The maximum absolute atomic E-state index is 14.1. The van der Waals surface area contributed by atoms with Crippen molar-refractivity contribution in [2.75, 3.05) is 17.3 Å². The minimum absolute atomic E-state index is 0.104. The Morgan fingerprint density at radius 1 is 1.09 bits per heavy atom. The maximum Gasteiger partial charge on any atom is 0.242 e. The molecule has 33 heavy (non-hydrogen) atoms. The number of halogens is 1. The molecule has 0 saturated heterocycles. The molecular formula is C24H28FN5O2S. The molecule has 1 aromatic heterocycles. The third-order valence-electron chi connectivity index (χ3n) is 5.10. The number of nitrogens with zero attached hydrogens (tertiary/aromatic N) is 2. The third kappa shape index (κ3) is 6.64. The number of aryl methyl sites for hydroxylation is 1. The van der Waals surface area contributed by atoms with Gasteiger partial charge in [-0.2, -0.15) is 11.8 Å². The number of amides is 2. The fraction of sp³-hybridized carbons (Fsp3) is 0.333. The first-order valence-electron chi connectivity index (χ1n) is 10.7. The van der Waals surface area contributed by atoms with E-state index in [1.54, 1.807) is 30.0 Å². The zero-order valence-corrected chi connectivity index (χ0v) is 19.8. The fourth-order valence-corrected chi connectivity index (χ4v) is 3.89. The van der Waals surface area contributed by atoms with Gasteiger partial charge in [0, 0.05) is 24.4 Å². The van der Waals surface area contributed by atoms with Gasteiger partial charge in [0.15, 0.2) is 5.82 Å². The van der Waals surface area contributed by atoms with Crippen LogP contribution in [-0.2, 0) is 22.7 Å². The number of para-hydroxylation sites is 1. The van der Waals surface area contributed by atoms with Crippen LogP contribution in [0.3, 0.4) is 0 Å². The van der Waals surface area contributed by atoms with Gasteiger partial charge in [-0.15, -0.1) is 0 Å². The van der Waals surface area contributed by atoms with Crippen LogP contribution >= 0.6 is 11.8 Å². The number of aromatic nitrogens is 2. The summed E-state index contributed by atoms with van der Waals surface area (Å²) in [6, 6.07) is 11.7. The Morgan fingerprint density at radius 3 is 2.61 bits per heavy atom. The van der Waals surface area contributed by atoms with Crippen LogP contribution in [0.15, 0.2) is 42.5 Å². The van der Waals surface area contributed by atoms with Crippen LogP contribution in [-0.4, -0.2) is 39.8 Å². The van der Waals surface area contributed by atoms with Crippen molar-refractivity contribution in [2.24, 2.45) is 0 Å². The summed E-state index contributed by atoms with van der Waals surface area (Å²) in [7, 11) is 0. The van der Waals surface area contributed by atoms with Gasteiger partial charge in [-0.05, 0) is 43.0 Å². The molecule has 7 nitrogen and oxygen atoms in total. The number of hydrogen-bond donors (Lipinski definition) is 3. The number of fused-ring (bicyclic) bond motifs is 1. The molecule has 3 rings (SSSR count). The zero-order chi connectivity index (χ0) is 23.8. The van der Waals surface area contributed by atoms with Crippen LogP contribution in [0.25, 0.3) is 10.9 Å². The number of benzene rings is 2. The summed E-state index contributed by atoms with van der Waals surface area (Å²) >= 11 is 1.61. The normalized spacial score (nSPS) is 11.8. The van der Waals surface area contributed by atoms with E-state index in [1.807, 2.05) is 31.4 Å². The highest BCUT2D eigenvalue weighted by Crippen LogP contribution is 2.24. The Hall–Kier alpha value is -3.20. The zero-order valence-electron chi connectivity index (χ0n) is 18.9. The van der Waals surface area contributed by atoms with Crippen molar-refractivity contribution in [3.05, 3.63) is 65.2 Å². The minimum Gasteiger partial charge on any atom is -0.365 e. The third-order valence-corrected chi connectivity index (χ3v) is 5.75. The first kappa shape index (κ1) is 24.4. The summed E-state index contributed by atoms with van der Waals surface area (Å²) in [6.45, 7) is 3.71. The highest BCUT2D eigenvalue weighted by atomic mass is 32.2. The number of rotatable bonds is 10. The molecule has 0 saturated carbocycles. The molecule has 2 amide bonds. The number of hydrogen-bond acceptors (Lipinski definition) is 6. The number of carbonyl (C=O) groups is 2. The molecule has 3 N–H and O–H groups in total. The highest BCUT2D eigenvalue weighted by molar-refractivity contribution is 7.98. The fourth-order valence-electron chi connectivity index (χ4n) is 3.42. The molecule has 2 aromatic carbocycles. The minimum atomic E-state index is -0.615. The van der Waals surface area contributed by atoms with Crippen molar-refractivity contribution >= 4 is 40.3 Å². The van der Waals surface area contributed by atoms with E-state index in [0.717, 1.165) is 22.2 Å². The van der Waals surface area contributed by atoms with E-state index in [4.69, 9.17) is 0 Å². The topological polar surface area (TPSA) is 96.0 Å². The summed E-state index contributed by atoms with van der Waals surface area (Å²) in [5.74, 6) is 0.904. The van der Waals surface area contributed by atoms with Crippen LogP contribution in [0.4, 0.5) is 10.2 Å². The molecule has 0 aliphatic heterocycles. The van der Waals surface area contributed by atoms with Gasteiger partial charge in [-0.3, -0.25) is 9.59 Å². The molecule has 0 aliphatic rings. The van der Waals surface area contributed by atoms with E-state index in [-0.39, 0.29) is 30.7 Å². The number of nitrogens with one attached hydrogen (secondary N) is 3. The monoisotopic (exact) mass is 469 g/mol. The van der Waals surface area contributed by atoms with E-state index < -0.39 is 6.04 Å². The summed E-state index contributed by atoms with van der Waals surface area (Å²) in [4.78, 5) is 33.4. The molecule has 3 aromatic rings. The van der Waals surface area contributed by atoms with Gasteiger partial charge in [-0.1, -0.05) is 30.3 Å². The summed E-state index contributed by atoms with van der Waals surface area (Å²) < 4.78 is 14.1. The second-order valence-electron chi connectivity index (χ2n) is 7.66.